The Morgan fingerprint density at radius 1 is 1.10 bits per heavy atom. The number of rotatable bonds is 4. The van der Waals surface area contributed by atoms with Crippen molar-refractivity contribution in [3.63, 3.8) is 0 Å². The van der Waals surface area contributed by atoms with E-state index in [0.717, 1.165) is 47.5 Å². The molecule has 2 aromatic carbocycles. The van der Waals surface area contributed by atoms with Crippen LogP contribution in [0.2, 0.25) is 5.02 Å². The number of carbonyl (C=O) groups excluding carboxylic acids is 2. The molecule has 0 unspecified atom stereocenters. The third kappa shape index (κ3) is 8.42. The van der Waals surface area contributed by atoms with Crippen LogP contribution < -0.4 is 14.4 Å². The number of halogens is 1. The Morgan fingerprint density at radius 3 is 2.61 bits per heavy atom. The van der Waals surface area contributed by atoms with E-state index in [-0.39, 0.29) is 17.7 Å². The second kappa shape index (κ2) is 15.8. The first-order valence-corrected chi connectivity index (χ1v) is 18.8. The van der Waals surface area contributed by atoms with Gasteiger partial charge in [-0.1, -0.05) is 35.9 Å². The highest BCUT2D eigenvalue weighted by Crippen LogP contribution is 2.42. The Labute approximate surface area is 295 Å². The first-order valence-electron chi connectivity index (χ1n) is 17.0. The second-order valence-corrected chi connectivity index (χ2v) is 15.9. The van der Waals surface area contributed by atoms with Crippen LogP contribution in [0, 0.1) is 11.8 Å². The van der Waals surface area contributed by atoms with Crippen molar-refractivity contribution in [3.05, 3.63) is 70.3 Å². The van der Waals surface area contributed by atoms with Gasteiger partial charge in [0, 0.05) is 52.9 Å². The summed E-state index contributed by atoms with van der Waals surface area (Å²) < 4.78 is 41.4. The van der Waals surface area contributed by atoms with Gasteiger partial charge in [-0.25, -0.2) is 4.72 Å². The van der Waals surface area contributed by atoms with Crippen LogP contribution in [0.5, 0.6) is 5.75 Å². The number of ether oxygens (including phenoxy) is 2. The second-order valence-electron chi connectivity index (χ2n) is 13.6. The minimum absolute atomic E-state index is 0.105. The maximum Gasteiger partial charge on any atom is 0.303 e. The summed E-state index contributed by atoms with van der Waals surface area (Å²) in [5.41, 5.74) is 1.22. The third-order valence-electron chi connectivity index (χ3n) is 10.3. The van der Waals surface area contributed by atoms with Crippen molar-refractivity contribution >= 4 is 39.3 Å². The minimum atomic E-state index is -4.22. The molecule has 1 saturated carbocycles. The summed E-state index contributed by atoms with van der Waals surface area (Å²) in [6.45, 7) is 2.02. The smallest absolute Gasteiger partial charge is 0.303 e. The zero-order valence-electron chi connectivity index (χ0n) is 28.9. The van der Waals surface area contributed by atoms with E-state index in [1.54, 1.807) is 25.2 Å². The lowest BCUT2D eigenvalue weighted by Crippen LogP contribution is -2.52. The van der Waals surface area contributed by atoms with E-state index < -0.39 is 34.2 Å². The molecule has 49 heavy (non-hydrogen) atoms. The fourth-order valence-corrected chi connectivity index (χ4v) is 7.70. The first-order chi connectivity index (χ1) is 23.3. The van der Waals surface area contributed by atoms with Gasteiger partial charge in [-0.3, -0.25) is 9.59 Å². The molecule has 5 rings (SSSR count). The van der Waals surface area contributed by atoms with Gasteiger partial charge in [0.2, 0.25) is 5.91 Å². The van der Waals surface area contributed by atoms with Crippen LogP contribution in [0.1, 0.15) is 61.6 Å². The van der Waals surface area contributed by atoms with Gasteiger partial charge in [-0.15, -0.1) is 0 Å². The fourth-order valence-electron chi connectivity index (χ4n) is 6.93. The Kier molecular flexibility index (Phi) is 12.0. The predicted molar refractivity (Wildman–Crippen MR) is 190 cm³/mol. The van der Waals surface area contributed by atoms with Crippen LogP contribution in [0.25, 0.3) is 0 Å². The van der Waals surface area contributed by atoms with Crippen LogP contribution in [-0.4, -0.2) is 88.5 Å². The van der Waals surface area contributed by atoms with E-state index in [2.05, 4.69) is 9.62 Å². The Hall–Kier alpha value is -3.16. The largest absolute Gasteiger partial charge is 0.487 e. The number of hydrogen-bond acceptors (Lipinski definition) is 8. The molecule has 2 heterocycles. The molecule has 3 aliphatic rings. The highest BCUT2D eigenvalue weighted by atomic mass is 35.5. The van der Waals surface area contributed by atoms with Crippen molar-refractivity contribution in [2.45, 2.75) is 69.7 Å². The number of aliphatic hydroxyl groups is 1. The van der Waals surface area contributed by atoms with Crippen LogP contribution in [0.15, 0.2) is 48.6 Å². The Balaban J connectivity index is 1.65. The van der Waals surface area contributed by atoms with Crippen LogP contribution >= 0.6 is 11.6 Å². The number of nitrogens with one attached hydrogen (secondary N) is 1. The molecular weight excluding hydrogens is 668 g/mol. The van der Waals surface area contributed by atoms with E-state index >= 15 is 0 Å². The molecule has 268 valence electrons. The van der Waals surface area contributed by atoms with Gasteiger partial charge in [-0.05, 0) is 97.7 Å². The molecule has 2 aromatic rings. The summed E-state index contributed by atoms with van der Waals surface area (Å²) in [6, 6.07) is 11.1. The number of allylic oxidation sites excluding steroid dienone is 1. The van der Waals surface area contributed by atoms with E-state index in [0.29, 0.717) is 61.1 Å². The summed E-state index contributed by atoms with van der Waals surface area (Å²) in [5.74, 6) is -0.445. The summed E-state index contributed by atoms with van der Waals surface area (Å²) in [5, 5.41) is 11.8. The Bertz CT molecular complexity index is 1650. The van der Waals surface area contributed by atoms with Crippen LogP contribution in [0.4, 0.5) is 5.69 Å². The minimum Gasteiger partial charge on any atom is -0.487 e. The van der Waals surface area contributed by atoms with Gasteiger partial charge in [-0.2, -0.15) is 12.7 Å². The zero-order valence-corrected chi connectivity index (χ0v) is 30.4. The number of hydrogen-bond donors (Lipinski definition) is 2. The molecule has 4 atom stereocenters. The quantitative estimate of drug-likeness (QED) is 0.446. The maximum atomic E-state index is 14.1. The lowest BCUT2D eigenvalue weighted by Gasteiger charge is -2.43. The lowest BCUT2D eigenvalue weighted by molar-refractivity contribution is -0.152. The molecule has 11 nitrogen and oxygen atoms in total. The third-order valence-corrected chi connectivity index (χ3v) is 11.9. The predicted octanol–water partition coefficient (Wildman–Crippen LogP) is 4.41. The molecule has 1 aliphatic carbocycles. The van der Waals surface area contributed by atoms with Crippen LogP contribution in [0.3, 0.4) is 0 Å². The van der Waals surface area contributed by atoms with Gasteiger partial charge >= 0.3 is 10.2 Å². The van der Waals surface area contributed by atoms with Gasteiger partial charge < -0.3 is 24.4 Å². The number of aliphatic hydroxyl groups excluding tert-OH is 1. The number of fused-ring (bicyclic) bond motifs is 3. The summed E-state index contributed by atoms with van der Waals surface area (Å²) in [6.07, 6.45) is 8.68. The number of methoxy groups -OCH3 is 1. The highest BCUT2D eigenvalue weighted by Gasteiger charge is 2.46. The van der Waals surface area contributed by atoms with Crippen molar-refractivity contribution in [2.24, 2.45) is 11.8 Å². The molecule has 2 bridgehead atoms. The maximum absolute atomic E-state index is 14.1. The van der Waals surface area contributed by atoms with Crippen molar-refractivity contribution in [1.29, 1.82) is 0 Å². The van der Waals surface area contributed by atoms with Gasteiger partial charge in [0.15, 0.2) is 5.60 Å². The standard InChI is InChI=1S/C36H49ClN4O7S/c1-39(2)49(45,46)38-35(44)36(47-4)22-34(43)40(3)18-8-5-6-11-32(42)30-16-13-26(30)23-41-19-9-7-10-25-20-29(37)15-12-27(25)24-48-33-17-14-28(36)21-31(33)41/h6,11-12,14-15,17,20-21,26,30,32,42H,5,7-10,13,16,18-19,22-24H2,1-4H3,(H,38,44)/b11-6+/t26-,30+,32-,36+/m0/s1. The van der Waals surface area contributed by atoms with E-state index in [1.807, 2.05) is 30.4 Å². The van der Waals surface area contributed by atoms with Crippen molar-refractivity contribution in [2.75, 3.05) is 52.8 Å². The molecule has 0 radical (unpaired) electrons. The van der Waals surface area contributed by atoms with Crippen LogP contribution in [-0.2, 0) is 43.2 Å². The fraction of sp³-hybridized carbons (Fsp3) is 0.556. The summed E-state index contributed by atoms with van der Waals surface area (Å²) >= 11 is 6.36. The number of anilines is 1. The molecule has 0 saturated heterocycles. The molecule has 2 N–H and O–H groups in total. The molecule has 13 heteroatoms. The number of aryl methyl sites for hydroxylation is 1. The number of carbonyl (C=O) groups is 2. The van der Waals surface area contributed by atoms with Crippen molar-refractivity contribution in [1.82, 2.24) is 13.9 Å². The van der Waals surface area contributed by atoms with Crippen molar-refractivity contribution < 1.29 is 32.6 Å². The highest BCUT2D eigenvalue weighted by molar-refractivity contribution is 7.87. The molecule has 0 spiro atoms. The molecule has 2 aliphatic heterocycles. The summed E-state index contributed by atoms with van der Waals surface area (Å²) in [4.78, 5) is 31.7. The SMILES string of the molecule is CO[C@]1(C(=O)NS(=O)(=O)N(C)C)CC(=O)N(C)CCC/C=C/[C@H](O)[C@@H]2CC[C@H]2CN2CCCCc3cc(Cl)ccc3COc3ccc1cc32. The number of amides is 2. The van der Waals surface area contributed by atoms with E-state index in [1.165, 1.54) is 26.1 Å². The van der Waals surface area contributed by atoms with Gasteiger partial charge in [0.05, 0.1) is 18.2 Å². The normalized spacial score (nSPS) is 26.3. The average molecular weight is 717 g/mol. The lowest BCUT2D eigenvalue weighted by atomic mass is 9.70. The summed E-state index contributed by atoms with van der Waals surface area (Å²) in [7, 11) is 1.38. The molecular formula is C36H49ClN4O7S. The zero-order chi connectivity index (χ0) is 35.3. The monoisotopic (exact) mass is 716 g/mol. The van der Waals surface area contributed by atoms with E-state index in [9.17, 15) is 23.1 Å². The van der Waals surface area contributed by atoms with Crippen molar-refractivity contribution in [3.8, 4) is 5.75 Å². The Morgan fingerprint density at radius 2 is 1.90 bits per heavy atom. The average Bonchev–Trinajstić information content (AvgIpc) is 3.07. The molecule has 1 fully saturated rings. The topological polar surface area (TPSA) is 129 Å². The number of nitrogens with zero attached hydrogens (tertiary/aromatic N) is 3. The first kappa shape index (κ1) is 37.1. The molecule has 0 aromatic heterocycles. The molecule has 2 amide bonds. The van der Waals surface area contributed by atoms with Gasteiger partial charge in [0.1, 0.15) is 12.4 Å². The van der Waals surface area contributed by atoms with Gasteiger partial charge in [0.25, 0.3) is 5.91 Å². The van der Waals surface area contributed by atoms with E-state index in [4.69, 9.17) is 21.1 Å². The number of benzene rings is 2.